The minimum atomic E-state index is -3.18. The normalized spacial score (nSPS) is 24.0. The minimum absolute atomic E-state index is 0.0138. The zero-order valence-corrected chi connectivity index (χ0v) is 10.6. The van der Waals surface area contributed by atoms with Crippen molar-refractivity contribution in [1.29, 1.82) is 0 Å². The predicted octanol–water partition coefficient (Wildman–Crippen LogP) is 0.869. The number of hydrogen-bond acceptors (Lipinski definition) is 4. The Bertz CT molecular complexity index is 381. The number of sulfone groups is 1. The molecule has 0 bridgehead atoms. The fraction of sp³-hybridized carbons (Fsp3) is 0.625. The van der Waals surface area contributed by atoms with Gasteiger partial charge in [0.05, 0.1) is 17.2 Å². The quantitative estimate of drug-likeness (QED) is 0.779. The van der Waals surface area contributed by atoms with Crippen molar-refractivity contribution in [2.24, 2.45) is 0 Å². The Morgan fingerprint density at radius 2 is 2.31 bits per heavy atom. The summed E-state index contributed by atoms with van der Waals surface area (Å²) in [7, 11) is -3.18. The number of nitrogens with one attached hydrogen (secondary N) is 1. The monoisotopic (exact) mass is 287 g/mol. The van der Waals surface area contributed by atoms with Gasteiger partial charge >= 0.3 is 6.09 Å². The van der Waals surface area contributed by atoms with E-state index in [0.717, 1.165) is 5.41 Å². The van der Waals surface area contributed by atoms with Crippen LogP contribution in [0.4, 0.5) is 4.79 Å². The van der Waals surface area contributed by atoms with Gasteiger partial charge in [0.1, 0.15) is 6.61 Å². The lowest BCUT2D eigenvalue weighted by molar-refractivity contribution is 0.146. The fourth-order valence-corrected chi connectivity index (χ4v) is 2.46. The molecule has 0 saturated carbocycles. The van der Waals surface area contributed by atoms with Crippen molar-refractivity contribution in [3.8, 4) is 0 Å². The molecule has 0 spiro atoms. The number of ether oxygens (including phenoxy) is 1. The molecule has 0 aromatic heterocycles. The van der Waals surface area contributed by atoms with E-state index in [1.807, 2.05) is 0 Å². The Balaban J connectivity index is 2.29. The van der Waals surface area contributed by atoms with Crippen molar-refractivity contribution in [3.05, 3.63) is 11.5 Å². The van der Waals surface area contributed by atoms with Gasteiger partial charge in [-0.25, -0.2) is 13.2 Å². The van der Waals surface area contributed by atoms with Crippen molar-refractivity contribution in [2.75, 3.05) is 18.2 Å². The lowest BCUT2D eigenvalue weighted by Gasteiger charge is -2.11. The molecule has 1 rings (SSSR count). The molecule has 2 atom stereocenters. The van der Waals surface area contributed by atoms with Crippen molar-refractivity contribution in [2.45, 2.75) is 11.4 Å². The van der Waals surface area contributed by atoms with Crippen LogP contribution in [0.2, 0.25) is 0 Å². The lowest BCUT2D eigenvalue weighted by Crippen LogP contribution is -2.36. The zero-order valence-electron chi connectivity index (χ0n) is 8.23. The van der Waals surface area contributed by atoms with Crippen LogP contribution in [0.25, 0.3) is 0 Å². The Morgan fingerprint density at radius 1 is 1.62 bits per heavy atom. The van der Waals surface area contributed by atoms with Crippen molar-refractivity contribution in [3.63, 3.8) is 0 Å². The first-order valence-corrected chi connectivity index (χ1v) is 7.16. The summed E-state index contributed by atoms with van der Waals surface area (Å²) in [5.74, 6) is 0.0362. The van der Waals surface area contributed by atoms with Crippen LogP contribution in [0.1, 0.15) is 0 Å². The van der Waals surface area contributed by atoms with Crippen LogP contribution in [-0.4, -0.2) is 44.2 Å². The number of amides is 1. The molecule has 5 nitrogen and oxygen atoms in total. The molecule has 0 aromatic rings. The number of alkyl halides is 2. The molecule has 0 unspecified atom stereocenters. The van der Waals surface area contributed by atoms with Crippen LogP contribution >= 0.6 is 23.2 Å². The molecule has 1 aliphatic rings. The molecule has 0 aliphatic carbocycles. The average Bonchev–Trinajstić information content (AvgIpc) is 2.54. The Hall–Kier alpha value is -0.460. The third-order valence-electron chi connectivity index (χ3n) is 1.80. The number of rotatable bonds is 4. The molecule has 1 N–H and O–H groups in total. The second-order valence-electron chi connectivity index (χ2n) is 3.26. The lowest BCUT2D eigenvalue weighted by atomic mass is 10.3. The summed E-state index contributed by atoms with van der Waals surface area (Å²) in [6.45, 7) is -0.0138. The standard InChI is InChI=1S/C8H11Cl2NO4S/c9-3-6(10)4-15-8(12)11-7-1-2-16(13,14)5-7/h1-2,6-7H,3-5H2,(H,11,12)/t6-,7-/m0/s1. The largest absolute Gasteiger partial charge is 0.448 e. The smallest absolute Gasteiger partial charge is 0.407 e. The number of alkyl carbamates (subject to hydrolysis) is 1. The average molecular weight is 288 g/mol. The van der Waals surface area contributed by atoms with Gasteiger partial charge in [-0.3, -0.25) is 0 Å². The van der Waals surface area contributed by atoms with Gasteiger partial charge in [-0.1, -0.05) is 0 Å². The van der Waals surface area contributed by atoms with Crippen molar-refractivity contribution < 1.29 is 17.9 Å². The third kappa shape index (κ3) is 4.59. The molecule has 0 saturated heterocycles. The topological polar surface area (TPSA) is 72.5 Å². The van der Waals surface area contributed by atoms with E-state index in [9.17, 15) is 13.2 Å². The minimum Gasteiger partial charge on any atom is -0.448 e. The van der Waals surface area contributed by atoms with Gasteiger partial charge in [0.2, 0.25) is 0 Å². The van der Waals surface area contributed by atoms with Crippen molar-refractivity contribution >= 4 is 39.1 Å². The highest BCUT2D eigenvalue weighted by Gasteiger charge is 2.23. The second-order valence-corrected chi connectivity index (χ2v) is 6.12. The van der Waals surface area contributed by atoms with Gasteiger partial charge in [-0.05, 0) is 6.08 Å². The van der Waals surface area contributed by atoms with Gasteiger partial charge in [0.25, 0.3) is 0 Å². The molecule has 0 radical (unpaired) electrons. The fourth-order valence-electron chi connectivity index (χ4n) is 1.07. The number of carbonyl (C=O) groups excluding carboxylic acids is 1. The maximum Gasteiger partial charge on any atom is 0.407 e. The van der Waals surface area contributed by atoms with Gasteiger partial charge < -0.3 is 10.1 Å². The van der Waals surface area contributed by atoms with E-state index in [0.29, 0.717) is 0 Å². The molecule has 0 fully saturated rings. The molecule has 1 amide bonds. The first-order valence-electron chi connectivity index (χ1n) is 4.47. The highest BCUT2D eigenvalue weighted by molar-refractivity contribution is 7.94. The molecule has 1 heterocycles. The summed E-state index contributed by atoms with van der Waals surface area (Å²) < 4.78 is 26.8. The molecular weight excluding hydrogens is 277 g/mol. The van der Waals surface area contributed by atoms with Gasteiger partial charge in [-0.2, -0.15) is 0 Å². The second kappa shape index (κ2) is 5.75. The molecule has 92 valence electrons. The number of halogens is 2. The number of hydrogen-bond donors (Lipinski definition) is 1. The predicted molar refractivity (Wildman–Crippen MR) is 61.6 cm³/mol. The molecule has 16 heavy (non-hydrogen) atoms. The zero-order chi connectivity index (χ0) is 12.2. The summed E-state index contributed by atoms with van der Waals surface area (Å²) in [4.78, 5) is 11.2. The molecular formula is C8H11Cl2NO4S. The Morgan fingerprint density at radius 3 is 2.81 bits per heavy atom. The van der Waals surface area contributed by atoms with Gasteiger partial charge in [0, 0.05) is 11.3 Å². The first-order chi connectivity index (χ1) is 7.43. The molecule has 0 aromatic carbocycles. The van der Waals surface area contributed by atoms with Crippen LogP contribution in [0, 0.1) is 0 Å². The summed E-state index contributed by atoms with van der Waals surface area (Å²) in [6, 6.07) is -0.540. The SMILES string of the molecule is O=C(N[C@H]1C=CS(=O)(=O)C1)OC[C@@H](Cl)CCl. The summed E-state index contributed by atoms with van der Waals surface area (Å²) in [6.07, 6.45) is 0.693. The molecule has 8 heteroatoms. The highest BCUT2D eigenvalue weighted by Crippen LogP contribution is 2.08. The third-order valence-corrected chi connectivity index (χ3v) is 4.00. The molecule has 1 aliphatic heterocycles. The van der Waals surface area contributed by atoms with Gasteiger partial charge in [-0.15, -0.1) is 23.2 Å². The summed E-state index contributed by atoms with van der Waals surface area (Å²) in [5, 5.41) is 3.01. The highest BCUT2D eigenvalue weighted by atomic mass is 35.5. The summed E-state index contributed by atoms with van der Waals surface area (Å²) in [5.41, 5.74) is 0. The maximum absolute atomic E-state index is 11.2. The van der Waals surface area contributed by atoms with E-state index in [-0.39, 0.29) is 18.2 Å². The Labute approximate surface area is 104 Å². The first kappa shape index (κ1) is 13.6. The van der Waals surface area contributed by atoms with Crippen LogP contribution < -0.4 is 5.32 Å². The van der Waals surface area contributed by atoms with E-state index >= 15 is 0 Å². The van der Waals surface area contributed by atoms with E-state index in [1.165, 1.54) is 6.08 Å². The van der Waals surface area contributed by atoms with E-state index in [1.54, 1.807) is 0 Å². The van der Waals surface area contributed by atoms with E-state index in [2.05, 4.69) is 5.32 Å². The van der Waals surface area contributed by atoms with E-state index < -0.39 is 27.3 Å². The maximum atomic E-state index is 11.2. The van der Waals surface area contributed by atoms with Crippen molar-refractivity contribution in [1.82, 2.24) is 5.32 Å². The van der Waals surface area contributed by atoms with Crippen LogP contribution in [0.5, 0.6) is 0 Å². The summed E-state index contributed by atoms with van der Waals surface area (Å²) >= 11 is 11.0. The van der Waals surface area contributed by atoms with Crippen LogP contribution in [0.15, 0.2) is 11.5 Å². The number of carbonyl (C=O) groups is 1. The Kier molecular flexibility index (Phi) is 4.89. The van der Waals surface area contributed by atoms with Crippen LogP contribution in [0.3, 0.4) is 0 Å². The van der Waals surface area contributed by atoms with Crippen LogP contribution in [-0.2, 0) is 14.6 Å². The van der Waals surface area contributed by atoms with Gasteiger partial charge in [0.15, 0.2) is 9.84 Å². The van der Waals surface area contributed by atoms with E-state index in [4.69, 9.17) is 27.9 Å².